The van der Waals surface area contributed by atoms with E-state index >= 15 is 0 Å². The fourth-order valence-electron chi connectivity index (χ4n) is 1.40. The fraction of sp³-hybridized carbons (Fsp3) is 0.700. The molecule has 0 aromatic carbocycles. The summed E-state index contributed by atoms with van der Waals surface area (Å²) >= 11 is 5.74. The van der Waals surface area contributed by atoms with E-state index in [1.807, 2.05) is 16.9 Å². The Hall–Kier alpha value is -0.540. The van der Waals surface area contributed by atoms with Crippen molar-refractivity contribution in [3.8, 4) is 0 Å². The fourth-order valence-corrected chi connectivity index (χ4v) is 1.62. The van der Waals surface area contributed by atoms with Crippen LogP contribution < -0.4 is 0 Å². The summed E-state index contributed by atoms with van der Waals surface area (Å²) in [5, 5.41) is 4.16. The van der Waals surface area contributed by atoms with Gasteiger partial charge in [0.2, 0.25) is 0 Å². The van der Waals surface area contributed by atoms with Crippen LogP contribution in [-0.2, 0) is 6.54 Å². The van der Waals surface area contributed by atoms with Crippen LogP contribution in [0.1, 0.15) is 13.8 Å². The molecule has 0 amide bonds. The van der Waals surface area contributed by atoms with Gasteiger partial charge in [0.25, 0.3) is 0 Å². The summed E-state index contributed by atoms with van der Waals surface area (Å²) in [6, 6.07) is 2.49. The third-order valence-electron chi connectivity index (χ3n) is 2.28. The number of hydrogen-bond acceptors (Lipinski definition) is 2. The van der Waals surface area contributed by atoms with Crippen LogP contribution in [-0.4, -0.2) is 39.7 Å². The number of hydrogen-bond donors (Lipinski definition) is 0. The van der Waals surface area contributed by atoms with Crippen LogP contribution in [0.4, 0.5) is 0 Å². The van der Waals surface area contributed by atoms with Crippen molar-refractivity contribution in [2.75, 3.05) is 19.0 Å². The first-order valence-electron chi connectivity index (χ1n) is 5.01. The molecule has 0 radical (unpaired) electrons. The van der Waals surface area contributed by atoms with Crippen LogP contribution in [0, 0.1) is 0 Å². The minimum atomic E-state index is 0.546. The van der Waals surface area contributed by atoms with Gasteiger partial charge in [-0.2, -0.15) is 5.10 Å². The van der Waals surface area contributed by atoms with Crippen molar-refractivity contribution < 1.29 is 0 Å². The van der Waals surface area contributed by atoms with E-state index in [4.69, 9.17) is 11.6 Å². The Labute approximate surface area is 90.7 Å². The van der Waals surface area contributed by atoms with Crippen LogP contribution in [0.5, 0.6) is 0 Å². The molecule has 1 rings (SSSR count). The molecule has 0 aliphatic heterocycles. The predicted octanol–water partition coefficient (Wildman–Crippen LogP) is 1.83. The van der Waals surface area contributed by atoms with Crippen LogP contribution in [0.25, 0.3) is 0 Å². The van der Waals surface area contributed by atoms with E-state index in [0.29, 0.717) is 11.9 Å². The quantitative estimate of drug-likeness (QED) is 0.676. The molecular formula is C10H18ClN3. The van der Waals surface area contributed by atoms with Gasteiger partial charge in [0.15, 0.2) is 0 Å². The molecule has 0 spiro atoms. The molecular weight excluding hydrogens is 198 g/mol. The van der Waals surface area contributed by atoms with Gasteiger partial charge in [0.05, 0.1) is 6.54 Å². The van der Waals surface area contributed by atoms with Crippen LogP contribution >= 0.6 is 11.6 Å². The monoisotopic (exact) mass is 215 g/mol. The number of aromatic nitrogens is 2. The van der Waals surface area contributed by atoms with Gasteiger partial charge < -0.3 is 0 Å². The Morgan fingerprint density at radius 3 is 2.71 bits per heavy atom. The molecule has 14 heavy (non-hydrogen) atoms. The van der Waals surface area contributed by atoms with E-state index in [1.165, 1.54) is 0 Å². The second kappa shape index (κ2) is 6.04. The van der Waals surface area contributed by atoms with Gasteiger partial charge in [-0.05, 0) is 19.9 Å². The third-order valence-corrected chi connectivity index (χ3v) is 2.45. The Bertz CT molecular complexity index is 234. The summed E-state index contributed by atoms with van der Waals surface area (Å²) in [6.45, 7) is 7.26. The summed E-state index contributed by atoms with van der Waals surface area (Å²) in [5.41, 5.74) is 0. The summed E-state index contributed by atoms with van der Waals surface area (Å²) in [7, 11) is 0. The largest absolute Gasteiger partial charge is 0.298 e. The Kier molecular flexibility index (Phi) is 4.98. The first-order chi connectivity index (χ1) is 6.74. The molecule has 4 heteroatoms. The van der Waals surface area contributed by atoms with Crippen molar-refractivity contribution in [1.82, 2.24) is 14.7 Å². The molecule has 0 saturated carbocycles. The number of rotatable bonds is 6. The maximum absolute atomic E-state index is 5.74. The summed E-state index contributed by atoms with van der Waals surface area (Å²) < 4.78 is 1.95. The standard InChI is InChI=1S/C10H18ClN3/c1-10(2)13(7-4-11)8-9-14-6-3-5-12-14/h3,5-6,10H,4,7-9H2,1-2H3. The lowest BCUT2D eigenvalue weighted by Gasteiger charge is -2.25. The predicted molar refractivity (Wildman–Crippen MR) is 59.7 cm³/mol. The molecule has 0 fully saturated rings. The summed E-state index contributed by atoms with van der Waals surface area (Å²) in [5.74, 6) is 0.692. The topological polar surface area (TPSA) is 21.1 Å². The van der Waals surface area contributed by atoms with Gasteiger partial charge in [-0.15, -0.1) is 11.6 Å². The first kappa shape index (κ1) is 11.5. The highest BCUT2D eigenvalue weighted by atomic mass is 35.5. The molecule has 1 heterocycles. The minimum Gasteiger partial charge on any atom is -0.298 e. The Morgan fingerprint density at radius 1 is 1.43 bits per heavy atom. The molecule has 0 aliphatic rings. The normalized spacial score (nSPS) is 11.5. The van der Waals surface area contributed by atoms with Crippen LogP contribution in [0.2, 0.25) is 0 Å². The minimum absolute atomic E-state index is 0.546. The average molecular weight is 216 g/mol. The lowest BCUT2D eigenvalue weighted by molar-refractivity contribution is 0.222. The highest BCUT2D eigenvalue weighted by molar-refractivity contribution is 6.18. The second-order valence-corrected chi connectivity index (χ2v) is 3.97. The van der Waals surface area contributed by atoms with E-state index in [0.717, 1.165) is 19.6 Å². The van der Waals surface area contributed by atoms with Crippen molar-refractivity contribution in [2.24, 2.45) is 0 Å². The van der Waals surface area contributed by atoms with Crippen molar-refractivity contribution in [2.45, 2.75) is 26.4 Å². The van der Waals surface area contributed by atoms with Gasteiger partial charge in [0, 0.05) is 37.4 Å². The maximum Gasteiger partial charge on any atom is 0.0536 e. The average Bonchev–Trinajstić information content (AvgIpc) is 2.64. The highest BCUT2D eigenvalue weighted by Gasteiger charge is 2.07. The van der Waals surface area contributed by atoms with E-state index < -0.39 is 0 Å². The smallest absolute Gasteiger partial charge is 0.0536 e. The van der Waals surface area contributed by atoms with E-state index in [-0.39, 0.29) is 0 Å². The summed E-state index contributed by atoms with van der Waals surface area (Å²) in [4.78, 5) is 2.36. The van der Waals surface area contributed by atoms with Crippen molar-refractivity contribution in [3.63, 3.8) is 0 Å². The van der Waals surface area contributed by atoms with Crippen molar-refractivity contribution in [1.29, 1.82) is 0 Å². The number of alkyl halides is 1. The number of nitrogens with zero attached hydrogens (tertiary/aromatic N) is 3. The molecule has 0 unspecified atom stereocenters. The van der Waals surface area contributed by atoms with Gasteiger partial charge in [-0.1, -0.05) is 0 Å². The molecule has 0 aliphatic carbocycles. The zero-order chi connectivity index (χ0) is 10.4. The van der Waals surface area contributed by atoms with Gasteiger partial charge in [-0.3, -0.25) is 9.58 Å². The van der Waals surface area contributed by atoms with Gasteiger partial charge >= 0.3 is 0 Å². The molecule has 0 saturated heterocycles. The molecule has 3 nitrogen and oxygen atoms in total. The molecule has 1 aromatic rings. The van der Waals surface area contributed by atoms with Crippen molar-refractivity contribution in [3.05, 3.63) is 18.5 Å². The lowest BCUT2D eigenvalue weighted by atomic mass is 10.3. The van der Waals surface area contributed by atoms with Crippen molar-refractivity contribution >= 4 is 11.6 Å². The SMILES string of the molecule is CC(C)N(CCCl)CCn1cccn1. The Morgan fingerprint density at radius 2 is 2.21 bits per heavy atom. The second-order valence-electron chi connectivity index (χ2n) is 3.59. The molecule has 0 atom stereocenters. The molecule has 0 bridgehead atoms. The van der Waals surface area contributed by atoms with E-state index in [2.05, 4.69) is 23.8 Å². The molecule has 1 aromatic heterocycles. The molecule has 0 N–H and O–H groups in total. The lowest BCUT2D eigenvalue weighted by Crippen LogP contribution is -2.35. The zero-order valence-corrected chi connectivity index (χ0v) is 9.61. The van der Waals surface area contributed by atoms with Crippen LogP contribution in [0.3, 0.4) is 0 Å². The van der Waals surface area contributed by atoms with Crippen LogP contribution in [0.15, 0.2) is 18.5 Å². The zero-order valence-electron chi connectivity index (χ0n) is 8.86. The third kappa shape index (κ3) is 3.68. The number of halogens is 1. The Balaban J connectivity index is 2.33. The van der Waals surface area contributed by atoms with E-state index in [9.17, 15) is 0 Å². The maximum atomic E-state index is 5.74. The van der Waals surface area contributed by atoms with E-state index in [1.54, 1.807) is 6.20 Å². The highest BCUT2D eigenvalue weighted by Crippen LogP contribution is 1.99. The van der Waals surface area contributed by atoms with Gasteiger partial charge in [-0.25, -0.2) is 0 Å². The molecule has 80 valence electrons. The summed E-state index contributed by atoms with van der Waals surface area (Å²) in [6.07, 6.45) is 3.79. The first-order valence-corrected chi connectivity index (χ1v) is 5.55. The van der Waals surface area contributed by atoms with Gasteiger partial charge in [0.1, 0.15) is 0 Å².